The summed E-state index contributed by atoms with van der Waals surface area (Å²) in [4.78, 5) is 0. The number of hydrogen-bond acceptors (Lipinski definition) is 2. The molecule has 0 rings (SSSR count). The number of unbranched alkanes of at least 4 members (excludes halogenated alkanes) is 2. The molecule has 1 N–H and O–H groups in total. The van der Waals surface area contributed by atoms with E-state index in [4.69, 9.17) is 5.21 Å². The van der Waals surface area contributed by atoms with Crippen LogP contribution in [0.1, 0.15) is 53.4 Å². The van der Waals surface area contributed by atoms with Crippen molar-refractivity contribution >= 4 is 5.71 Å². The van der Waals surface area contributed by atoms with Gasteiger partial charge in [-0.3, -0.25) is 0 Å². The molecule has 0 radical (unpaired) electrons. The van der Waals surface area contributed by atoms with Gasteiger partial charge in [0.25, 0.3) is 0 Å². The maximum Gasteiger partial charge on any atom is 0.0666 e. The fourth-order valence-corrected chi connectivity index (χ4v) is 1.28. The highest BCUT2D eigenvalue weighted by Crippen LogP contribution is 2.28. The molecule has 2 heteroatoms. The molecule has 0 fully saturated rings. The van der Waals surface area contributed by atoms with Crippen LogP contribution < -0.4 is 0 Å². The highest BCUT2D eigenvalue weighted by Gasteiger charge is 2.25. The zero-order valence-corrected chi connectivity index (χ0v) is 9.93. The van der Waals surface area contributed by atoms with E-state index in [9.17, 15) is 0 Å². The summed E-state index contributed by atoms with van der Waals surface area (Å²) in [5.41, 5.74) is 1.71. The molecule has 0 aliphatic rings. The van der Waals surface area contributed by atoms with Crippen LogP contribution in [0, 0.1) is 5.41 Å². The third-order valence-electron chi connectivity index (χ3n) is 2.93. The molecule has 0 unspecified atom stereocenters. The summed E-state index contributed by atoms with van der Waals surface area (Å²) in [5, 5.41) is 12.4. The molecule has 0 aliphatic carbocycles. The van der Waals surface area contributed by atoms with Crippen LogP contribution in [-0.2, 0) is 0 Å². The minimum atomic E-state index is -0.178. The Bertz CT molecular complexity index is 216. The molecule has 0 heterocycles. The first-order valence-electron chi connectivity index (χ1n) is 5.34. The van der Waals surface area contributed by atoms with Crippen molar-refractivity contribution in [1.82, 2.24) is 0 Å². The van der Waals surface area contributed by atoms with Gasteiger partial charge in [0.05, 0.1) is 5.71 Å². The summed E-state index contributed by atoms with van der Waals surface area (Å²) < 4.78 is 0. The average Bonchev–Trinajstić information content (AvgIpc) is 2.12. The van der Waals surface area contributed by atoms with E-state index in [1.54, 1.807) is 0 Å². The number of rotatable bonds is 6. The summed E-state index contributed by atoms with van der Waals surface area (Å²) in [6, 6.07) is 0. The van der Waals surface area contributed by atoms with Gasteiger partial charge in [0.15, 0.2) is 0 Å². The maximum absolute atomic E-state index is 8.96. The molecule has 82 valence electrons. The number of hydrogen-bond donors (Lipinski definition) is 1. The largest absolute Gasteiger partial charge is 0.411 e. The predicted octanol–water partition coefficient (Wildman–Crippen LogP) is 4.00. The third kappa shape index (κ3) is 3.52. The molecule has 0 saturated heterocycles. The Balaban J connectivity index is 4.35. The topological polar surface area (TPSA) is 32.6 Å². The molecule has 0 bridgehead atoms. The summed E-state index contributed by atoms with van der Waals surface area (Å²) in [6.45, 7) is 12.2. The van der Waals surface area contributed by atoms with Crippen LogP contribution in [0.5, 0.6) is 0 Å². The molecule has 0 aromatic carbocycles. The van der Waals surface area contributed by atoms with Gasteiger partial charge in [-0.25, -0.2) is 0 Å². The van der Waals surface area contributed by atoms with Crippen LogP contribution in [-0.4, -0.2) is 10.9 Å². The van der Waals surface area contributed by atoms with E-state index in [0.717, 1.165) is 24.1 Å². The van der Waals surface area contributed by atoms with Crippen LogP contribution in [0.15, 0.2) is 17.3 Å². The molecule has 0 aliphatic heterocycles. The van der Waals surface area contributed by atoms with Crippen molar-refractivity contribution in [3.05, 3.63) is 12.2 Å². The Morgan fingerprint density at radius 3 is 2.29 bits per heavy atom. The second-order valence-corrected chi connectivity index (χ2v) is 4.41. The fourth-order valence-electron chi connectivity index (χ4n) is 1.28. The van der Waals surface area contributed by atoms with Crippen LogP contribution in [0.25, 0.3) is 0 Å². The summed E-state index contributed by atoms with van der Waals surface area (Å²) in [7, 11) is 0. The van der Waals surface area contributed by atoms with Gasteiger partial charge >= 0.3 is 0 Å². The summed E-state index contributed by atoms with van der Waals surface area (Å²) in [5.74, 6) is 0. The zero-order valence-electron chi connectivity index (χ0n) is 9.93. The monoisotopic (exact) mass is 197 g/mol. The average molecular weight is 197 g/mol. The van der Waals surface area contributed by atoms with Crippen molar-refractivity contribution in [2.45, 2.75) is 53.4 Å². The van der Waals surface area contributed by atoms with Gasteiger partial charge < -0.3 is 5.21 Å². The van der Waals surface area contributed by atoms with Gasteiger partial charge in [-0.15, -0.1) is 0 Å². The minimum absolute atomic E-state index is 0.178. The highest BCUT2D eigenvalue weighted by atomic mass is 16.4. The van der Waals surface area contributed by atoms with E-state index in [1.807, 2.05) is 6.92 Å². The Labute approximate surface area is 87.7 Å². The standard InChI is InChI=1S/C12H23NO/c1-6-7-8-9-11(13-14)12(4,5)10(2)3/h14H,2,6-9H2,1,3-5H3/b13-11-. The lowest BCUT2D eigenvalue weighted by Crippen LogP contribution is -2.25. The molecular formula is C12H23NO. The molecule has 2 nitrogen and oxygen atoms in total. The molecular weight excluding hydrogens is 174 g/mol. The normalized spacial score (nSPS) is 13.0. The van der Waals surface area contributed by atoms with Crippen molar-refractivity contribution in [2.24, 2.45) is 10.6 Å². The lowest BCUT2D eigenvalue weighted by atomic mass is 9.79. The van der Waals surface area contributed by atoms with Crippen molar-refractivity contribution in [2.75, 3.05) is 0 Å². The van der Waals surface area contributed by atoms with Gasteiger partial charge in [-0.2, -0.15) is 0 Å². The third-order valence-corrected chi connectivity index (χ3v) is 2.93. The minimum Gasteiger partial charge on any atom is -0.411 e. The smallest absolute Gasteiger partial charge is 0.0666 e. The van der Waals surface area contributed by atoms with E-state index in [0.29, 0.717) is 0 Å². The Morgan fingerprint density at radius 2 is 1.93 bits per heavy atom. The lowest BCUT2D eigenvalue weighted by Gasteiger charge is -2.26. The number of oxime groups is 1. The van der Waals surface area contributed by atoms with Gasteiger partial charge in [0.1, 0.15) is 0 Å². The van der Waals surface area contributed by atoms with Crippen molar-refractivity contribution in [3.8, 4) is 0 Å². The number of nitrogens with zero attached hydrogens (tertiary/aromatic N) is 1. The van der Waals surface area contributed by atoms with Crippen molar-refractivity contribution < 1.29 is 5.21 Å². The molecule has 0 saturated carbocycles. The van der Waals surface area contributed by atoms with Crippen LogP contribution in [0.2, 0.25) is 0 Å². The van der Waals surface area contributed by atoms with Crippen LogP contribution in [0.3, 0.4) is 0 Å². The number of allylic oxidation sites excluding steroid dienone is 1. The van der Waals surface area contributed by atoms with E-state index >= 15 is 0 Å². The van der Waals surface area contributed by atoms with Gasteiger partial charge in [-0.1, -0.05) is 50.9 Å². The second-order valence-electron chi connectivity index (χ2n) is 4.41. The van der Waals surface area contributed by atoms with E-state index in [-0.39, 0.29) is 5.41 Å². The first-order chi connectivity index (χ1) is 6.46. The highest BCUT2D eigenvalue weighted by molar-refractivity contribution is 5.91. The van der Waals surface area contributed by atoms with E-state index < -0.39 is 0 Å². The maximum atomic E-state index is 8.96. The summed E-state index contributed by atoms with van der Waals surface area (Å²) >= 11 is 0. The van der Waals surface area contributed by atoms with Crippen molar-refractivity contribution in [1.29, 1.82) is 0 Å². The van der Waals surface area contributed by atoms with Crippen LogP contribution >= 0.6 is 0 Å². The van der Waals surface area contributed by atoms with Gasteiger partial charge in [0, 0.05) is 5.41 Å². The predicted molar refractivity (Wildman–Crippen MR) is 62.0 cm³/mol. The Hall–Kier alpha value is -0.790. The zero-order chi connectivity index (χ0) is 11.2. The quantitative estimate of drug-likeness (QED) is 0.225. The SMILES string of the molecule is C=C(C)C(C)(C)/C(CCCCC)=N\O. The fraction of sp³-hybridized carbons (Fsp3) is 0.750. The Kier molecular flexibility index (Phi) is 5.51. The van der Waals surface area contributed by atoms with Gasteiger partial charge in [-0.05, 0) is 19.8 Å². The molecule has 0 amide bonds. The van der Waals surface area contributed by atoms with E-state index in [1.165, 1.54) is 12.8 Å². The first-order valence-corrected chi connectivity index (χ1v) is 5.34. The molecule has 0 spiro atoms. The summed E-state index contributed by atoms with van der Waals surface area (Å²) in [6.07, 6.45) is 4.33. The Morgan fingerprint density at radius 1 is 1.36 bits per heavy atom. The van der Waals surface area contributed by atoms with E-state index in [2.05, 4.69) is 32.5 Å². The van der Waals surface area contributed by atoms with Crippen molar-refractivity contribution in [3.63, 3.8) is 0 Å². The molecule has 14 heavy (non-hydrogen) atoms. The van der Waals surface area contributed by atoms with Gasteiger partial charge in [0.2, 0.25) is 0 Å². The first kappa shape index (κ1) is 13.2. The lowest BCUT2D eigenvalue weighted by molar-refractivity contribution is 0.309. The molecule has 0 aromatic heterocycles. The second kappa shape index (κ2) is 5.84. The molecule has 0 atom stereocenters. The van der Waals surface area contributed by atoms with Crippen LogP contribution in [0.4, 0.5) is 0 Å². The molecule has 0 aromatic rings.